The quantitative estimate of drug-likeness (QED) is 0.454. The average Bonchev–Trinajstić information content (AvgIpc) is 2.76. The molecule has 0 amide bonds. The van der Waals surface area contributed by atoms with Crippen LogP contribution < -0.4 is 5.32 Å². The number of nitrogens with one attached hydrogen (secondary N) is 1. The molecule has 2 aliphatic carbocycles. The molecule has 0 aliphatic heterocycles. The molecule has 2 aliphatic rings. The van der Waals surface area contributed by atoms with Crippen molar-refractivity contribution in [2.24, 2.45) is 5.92 Å². The Labute approximate surface area is 141 Å². The Kier molecular flexibility index (Phi) is 7.45. The topological polar surface area (TPSA) is 49.4 Å². The highest BCUT2D eigenvalue weighted by atomic mass is 35.5. The van der Waals surface area contributed by atoms with Crippen molar-refractivity contribution in [2.75, 3.05) is 18.8 Å². The lowest BCUT2D eigenvalue weighted by atomic mass is 9.90. The van der Waals surface area contributed by atoms with Crippen LogP contribution in [0.4, 0.5) is 0 Å². The summed E-state index contributed by atoms with van der Waals surface area (Å²) in [6, 6.07) is 0.334. The molecule has 0 spiro atoms. The lowest BCUT2D eigenvalue weighted by Crippen LogP contribution is -2.53. The Hall–Kier alpha value is 0.160. The van der Waals surface area contributed by atoms with Gasteiger partial charge in [-0.1, -0.05) is 38.5 Å². The van der Waals surface area contributed by atoms with Crippen LogP contribution in [0.3, 0.4) is 0 Å². The summed E-state index contributed by atoms with van der Waals surface area (Å²) in [6.07, 6.45) is 11.2. The van der Waals surface area contributed by atoms with Crippen LogP contribution in [0.25, 0.3) is 0 Å². The Morgan fingerprint density at radius 1 is 1.00 bits per heavy atom. The van der Waals surface area contributed by atoms with Crippen molar-refractivity contribution < 1.29 is 8.42 Å². The average molecular weight is 351 g/mol. The standard InChI is InChI=1S/C16H31ClN2O2S/c1-18-15-10-6-7-11-16(15)19(13-17)22(20,21)12-14-8-4-2-3-5-9-14/h14-16,18H,2-13H2,1H3. The number of sulfonamides is 1. The van der Waals surface area contributed by atoms with Gasteiger partial charge in [0.15, 0.2) is 0 Å². The van der Waals surface area contributed by atoms with E-state index in [2.05, 4.69) is 5.32 Å². The van der Waals surface area contributed by atoms with Crippen LogP contribution in [0, 0.1) is 5.92 Å². The van der Waals surface area contributed by atoms with Crippen molar-refractivity contribution in [3.63, 3.8) is 0 Å². The van der Waals surface area contributed by atoms with E-state index in [-0.39, 0.29) is 23.8 Å². The fourth-order valence-electron chi connectivity index (χ4n) is 4.09. The maximum absolute atomic E-state index is 12.9. The molecule has 2 rings (SSSR count). The molecule has 22 heavy (non-hydrogen) atoms. The molecule has 0 heterocycles. The highest BCUT2D eigenvalue weighted by Gasteiger charge is 2.36. The summed E-state index contributed by atoms with van der Waals surface area (Å²) in [7, 11) is -1.35. The summed E-state index contributed by atoms with van der Waals surface area (Å²) in [5.74, 6) is 0.599. The van der Waals surface area contributed by atoms with Gasteiger partial charge in [0.05, 0.1) is 11.8 Å². The molecular weight excluding hydrogens is 320 g/mol. The third-order valence-electron chi connectivity index (χ3n) is 5.37. The number of halogens is 1. The molecule has 0 aromatic rings. The van der Waals surface area contributed by atoms with Gasteiger partial charge in [0.1, 0.15) is 0 Å². The van der Waals surface area contributed by atoms with Gasteiger partial charge in [0, 0.05) is 12.1 Å². The molecule has 2 atom stereocenters. The number of likely N-dealkylation sites (N-methyl/N-ethyl adjacent to an activating group) is 1. The molecule has 0 saturated heterocycles. The number of rotatable bonds is 6. The lowest BCUT2D eigenvalue weighted by molar-refractivity contribution is 0.221. The van der Waals surface area contributed by atoms with E-state index in [1.165, 1.54) is 32.1 Å². The maximum atomic E-state index is 12.9. The van der Waals surface area contributed by atoms with E-state index in [1.54, 1.807) is 4.31 Å². The first-order chi connectivity index (χ1) is 10.6. The monoisotopic (exact) mass is 350 g/mol. The van der Waals surface area contributed by atoms with Gasteiger partial charge in [0.2, 0.25) is 10.0 Å². The van der Waals surface area contributed by atoms with Gasteiger partial charge in [-0.05, 0) is 38.6 Å². The highest BCUT2D eigenvalue weighted by molar-refractivity contribution is 7.89. The predicted octanol–water partition coefficient (Wildman–Crippen LogP) is 3.32. The summed E-state index contributed by atoms with van der Waals surface area (Å²) in [5.41, 5.74) is 0. The summed E-state index contributed by atoms with van der Waals surface area (Å²) >= 11 is 6.08. The van der Waals surface area contributed by atoms with Gasteiger partial charge < -0.3 is 5.32 Å². The first kappa shape index (κ1) is 18.5. The van der Waals surface area contributed by atoms with Crippen LogP contribution in [-0.2, 0) is 10.0 Å². The van der Waals surface area contributed by atoms with Gasteiger partial charge in [-0.3, -0.25) is 0 Å². The normalized spacial score (nSPS) is 28.7. The van der Waals surface area contributed by atoms with Gasteiger partial charge in [0.25, 0.3) is 0 Å². The van der Waals surface area contributed by atoms with Crippen LogP contribution in [0.1, 0.15) is 64.2 Å². The maximum Gasteiger partial charge on any atom is 0.215 e. The SMILES string of the molecule is CNC1CCCCC1N(CCl)S(=O)(=O)CC1CCCCCC1. The van der Waals surface area contributed by atoms with Crippen LogP contribution in [-0.4, -0.2) is 43.6 Å². The van der Waals surface area contributed by atoms with E-state index in [9.17, 15) is 8.42 Å². The summed E-state index contributed by atoms with van der Waals surface area (Å²) in [5, 5.41) is 3.29. The minimum absolute atomic E-state index is 0.0204. The second-order valence-electron chi connectivity index (χ2n) is 6.89. The largest absolute Gasteiger partial charge is 0.315 e. The van der Waals surface area contributed by atoms with Crippen molar-refractivity contribution in [3.8, 4) is 0 Å². The molecule has 2 unspecified atom stereocenters. The third-order valence-corrected chi connectivity index (χ3v) is 7.77. The van der Waals surface area contributed by atoms with Crippen molar-refractivity contribution in [3.05, 3.63) is 0 Å². The minimum atomic E-state index is -3.27. The van der Waals surface area contributed by atoms with Crippen molar-refractivity contribution in [1.29, 1.82) is 0 Å². The fraction of sp³-hybridized carbons (Fsp3) is 1.00. The Balaban J connectivity index is 2.06. The third kappa shape index (κ3) is 4.83. The predicted molar refractivity (Wildman–Crippen MR) is 92.6 cm³/mol. The van der Waals surface area contributed by atoms with Crippen LogP contribution in [0.15, 0.2) is 0 Å². The highest BCUT2D eigenvalue weighted by Crippen LogP contribution is 2.29. The summed E-state index contributed by atoms with van der Waals surface area (Å²) < 4.78 is 27.4. The molecule has 2 fully saturated rings. The number of hydrogen-bond acceptors (Lipinski definition) is 3. The lowest BCUT2D eigenvalue weighted by Gasteiger charge is -2.38. The molecule has 2 saturated carbocycles. The van der Waals surface area contributed by atoms with Crippen molar-refractivity contribution in [1.82, 2.24) is 9.62 Å². The van der Waals surface area contributed by atoms with Gasteiger partial charge in [-0.2, -0.15) is 4.31 Å². The van der Waals surface area contributed by atoms with E-state index in [1.807, 2.05) is 7.05 Å². The van der Waals surface area contributed by atoms with E-state index in [4.69, 9.17) is 11.6 Å². The number of alkyl halides is 1. The van der Waals surface area contributed by atoms with E-state index < -0.39 is 10.0 Å². The molecule has 0 aromatic carbocycles. The Morgan fingerprint density at radius 2 is 1.59 bits per heavy atom. The zero-order chi connectivity index (χ0) is 16.0. The zero-order valence-corrected chi connectivity index (χ0v) is 15.3. The zero-order valence-electron chi connectivity index (χ0n) is 13.8. The second-order valence-corrected chi connectivity index (χ2v) is 9.09. The number of hydrogen-bond donors (Lipinski definition) is 1. The molecule has 0 bridgehead atoms. The number of nitrogens with zero attached hydrogens (tertiary/aromatic N) is 1. The molecule has 130 valence electrons. The summed E-state index contributed by atoms with van der Waals surface area (Å²) in [4.78, 5) is 0. The minimum Gasteiger partial charge on any atom is -0.315 e. The van der Waals surface area contributed by atoms with Crippen LogP contribution >= 0.6 is 11.6 Å². The van der Waals surface area contributed by atoms with E-state index in [0.717, 1.165) is 32.1 Å². The van der Waals surface area contributed by atoms with Crippen LogP contribution in [0.5, 0.6) is 0 Å². The molecule has 6 heteroatoms. The van der Waals surface area contributed by atoms with Gasteiger partial charge >= 0.3 is 0 Å². The molecule has 0 aromatic heterocycles. The van der Waals surface area contributed by atoms with Crippen LogP contribution in [0.2, 0.25) is 0 Å². The second kappa shape index (κ2) is 8.86. The first-order valence-electron chi connectivity index (χ1n) is 8.81. The van der Waals surface area contributed by atoms with E-state index >= 15 is 0 Å². The van der Waals surface area contributed by atoms with Gasteiger partial charge in [-0.15, -0.1) is 11.6 Å². The Bertz CT molecular complexity index is 422. The summed E-state index contributed by atoms with van der Waals surface area (Å²) in [6.45, 7) is 0. The molecule has 0 radical (unpaired) electrons. The molecule has 4 nitrogen and oxygen atoms in total. The molecular formula is C16H31ClN2O2S. The van der Waals surface area contributed by atoms with Crippen molar-refractivity contribution >= 4 is 21.6 Å². The first-order valence-corrected chi connectivity index (χ1v) is 11.0. The smallest absolute Gasteiger partial charge is 0.215 e. The van der Waals surface area contributed by atoms with Gasteiger partial charge in [-0.25, -0.2) is 8.42 Å². The fourth-order valence-corrected chi connectivity index (χ4v) is 6.64. The van der Waals surface area contributed by atoms with E-state index in [0.29, 0.717) is 5.92 Å². The molecule has 1 N–H and O–H groups in total. The Morgan fingerprint density at radius 3 is 2.18 bits per heavy atom. The van der Waals surface area contributed by atoms with Crippen molar-refractivity contribution in [2.45, 2.75) is 76.3 Å².